The minimum Gasteiger partial charge on any atom is -0.422 e. The molecule has 3 aromatic rings. The summed E-state index contributed by atoms with van der Waals surface area (Å²) < 4.78 is 7.41. The Bertz CT molecular complexity index is 680. The van der Waals surface area contributed by atoms with Crippen LogP contribution in [-0.2, 0) is 7.05 Å². The topological polar surface area (TPSA) is 43.9 Å². The average Bonchev–Trinajstić information content (AvgIpc) is 2.97. The van der Waals surface area contributed by atoms with Crippen molar-refractivity contribution in [3.8, 4) is 11.6 Å². The average molecular weight is 241 g/mol. The van der Waals surface area contributed by atoms with Crippen LogP contribution in [0.4, 0.5) is 0 Å². The van der Waals surface area contributed by atoms with Crippen LogP contribution in [0.3, 0.4) is 0 Å². The van der Waals surface area contributed by atoms with E-state index in [2.05, 4.69) is 52.9 Å². The Morgan fingerprint density at radius 3 is 2.78 bits per heavy atom. The van der Waals surface area contributed by atoms with Crippen LogP contribution in [0.1, 0.15) is 25.3 Å². The third-order valence-electron chi connectivity index (χ3n) is 3.29. The Morgan fingerprint density at radius 1 is 1.28 bits per heavy atom. The van der Waals surface area contributed by atoms with Crippen LogP contribution in [0.2, 0.25) is 0 Å². The molecule has 0 atom stereocenters. The van der Waals surface area contributed by atoms with Crippen molar-refractivity contribution < 1.29 is 4.42 Å². The lowest BCUT2D eigenvalue weighted by Crippen LogP contribution is -1.96. The molecule has 0 saturated heterocycles. The fourth-order valence-corrected chi connectivity index (χ4v) is 2.40. The van der Waals surface area contributed by atoms with Crippen LogP contribution in [0.15, 0.2) is 35.1 Å². The van der Waals surface area contributed by atoms with Gasteiger partial charge in [-0.3, -0.25) is 0 Å². The van der Waals surface area contributed by atoms with Crippen molar-refractivity contribution in [1.29, 1.82) is 0 Å². The smallest absolute Gasteiger partial charge is 0.264 e. The monoisotopic (exact) mass is 241 g/mol. The number of aromatic nitrogens is 3. The molecule has 18 heavy (non-hydrogen) atoms. The molecule has 4 heteroatoms. The van der Waals surface area contributed by atoms with E-state index in [-0.39, 0.29) is 0 Å². The predicted molar refractivity (Wildman–Crippen MR) is 70.3 cm³/mol. The van der Waals surface area contributed by atoms with Crippen LogP contribution in [0, 0.1) is 0 Å². The lowest BCUT2D eigenvalue weighted by atomic mass is 10.0. The Morgan fingerprint density at radius 2 is 2.11 bits per heavy atom. The van der Waals surface area contributed by atoms with Gasteiger partial charge in [0.1, 0.15) is 5.69 Å². The summed E-state index contributed by atoms with van der Waals surface area (Å²) in [5.74, 6) is 1.04. The lowest BCUT2D eigenvalue weighted by molar-refractivity contribution is 0.563. The first-order valence-electron chi connectivity index (χ1n) is 6.03. The van der Waals surface area contributed by atoms with Crippen molar-refractivity contribution in [3.05, 3.63) is 36.2 Å². The van der Waals surface area contributed by atoms with Gasteiger partial charge in [0, 0.05) is 12.4 Å². The van der Waals surface area contributed by atoms with Crippen LogP contribution >= 0.6 is 0 Å². The Labute approximate surface area is 105 Å². The number of rotatable bonds is 2. The highest BCUT2D eigenvalue weighted by molar-refractivity contribution is 5.88. The van der Waals surface area contributed by atoms with Crippen molar-refractivity contribution in [2.24, 2.45) is 7.05 Å². The predicted octanol–water partition coefficient (Wildman–Crippen LogP) is 3.35. The standard InChI is InChI=1S/C14H15N3O/c1-9(2)11-6-4-5-10-7-12(17(3)13(10)11)14-16-15-8-18-14/h4-9H,1-3H3. The molecule has 0 aliphatic heterocycles. The van der Waals surface area contributed by atoms with Gasteiger partial charge in [-0.15, -0.1) is 10.2 Å². The normalized spacial score (nSPS) is 11.6. The van der Waals surface area contributed by atoms with Gasteiger partial charge in [0.25, 0.3) is 5.89 Å². The summed E-state index contributed by atoms with van der Waals surface area (Å²) in [6.07, 6.45) is 1.36. The van der Waals surface area contributed by atoms with Gasteiger partial charge in [-0.2, -0.15) is 0 Å². The largest absolute Gasteiger partial charge is 0.422 e. The molecule has 3 rings (SSSR count). The number of benzene rings is 1. The molecule has 92 valence electrons. The minimum absolute atomic E-state index is 0.484. The first kappa shape index (κ1) is 11.0. The van der Waals surface area contributed by atoms with Crippen LogP contribution < -0.4 is 0 Å². The van der Waals surface area contributed by atoms with Crippen LogP contribution in [0.5, 0.6) is 0 Å². The summed E-state index contributed by atoms with van der Waals surface area (Å²) in [6, 6.07) is 8.47. The SMILES string of the molecule is CC(C)c1cccc2cc(-c3nnco3)n(C)c12. The first-order chi connectivity index (χ1) is 8.68. The minimum atomic E-state index is 0.484. The van der Waals surface area contributed by atoms with E-state index < -0.39 is 0 Å². The van der Waals surface area contributed by atoms with Crippen molar-refractivity contribution in [1.82, 2.24) is 14.8 Å². The molecule has 0 aliphatic rings. The van der Waals surface area contributed by atoms with Gasteiger partial charge >= 0.3 is 0 Å². The van der Waals surface area contributed by atoms with E-state index in [1.54, 1.807) is 0 Å². The first-order valence-corrected chi connectivity index (χ1v) is 6.03. The van der Waals surface area contributed by atoms with Crippen LogP contribution in [0.25, 0.3) is 22.5 Å². The molecule has 0 saturated carbocycles. The van der Waals surface area contributed by atoms with E-state index in [0.717, 1.165) is 5.69 Å². The maximum Gasteiger partial charge on any atom is 0.264 e. The maximum atomic E-state index is 5.29. The Hall–Kier alpha value is -2.10. The van der Waals surface area contributed by atoms with Crippen molar-refractivity contribution in [3.63, 3.8) is 0 Å². The van der Waals surface area contributed by atoms with E-state index in [9.17, 15) is 0 Å². The summed E-state index contributed by atoms with van der Waals surface area (Å²) in [4.78, 5) is 0. The van der Waals surface area contributed by atoms with Crippen molar-refractivity contribution in [2.45, 2.75) is 19.8 Å². The van der Waals surface area contributed by atoms with Crippen molar-refractivity contribution in [2.75, 3.05) is 0 Å². The van der Waals surface area contributed by atoms with E-state index >= 15 is 0 Å². The van der Waals surface area contributed by atoms with E-state index in [4.69, 9.17) is 4.42 Å². The second-order valence-electron chi connectivity index (χ2n) is 4.77. The zero-order valence-electron chi connectivity index (χ0n) is 10.7. The molecule has 0 fully saturated rings. The Kier molecular flexibility index (Phi) is 2.44. The third kappa shape index (κ3) is 1.53. The fourth-order valence-electron chi connectivity index (χ4n) is 2.40. The summed E-state index contributed by atoms with van der Waals surface area (Å²) in [7, 11) is 2.04. The summed E-state index contributed by atoms with van der Waals surface area (Å²) >= 11 is 0. The fraction of sp³-hybridized carbons (Fsp3) is 0.286. The number of fused-ring (bicyclic) bond motifs is 1. The number of aryl methyl sites for hydroxylation is 1. The summed E-state index contributed by atoms with van der Waals surface area (Å²) in [5, 5.41) is 8.92. The van der Waals surface area contributed by atoms with Crippen LogP contribution in [-0.4, -0.2) is 14.8 Å². The molecule has 0 N–H and O–H groups in total. The third-order valence-corrected chi connectivity index (χ3v) is 3.29. The molecule has 0 bridgehead atoms. The molecule has 1 aromatic carbocycles. The lowest BCUT2D eigenvalue weighted by Gasteiger charge is -2.09. The van der Waals surface area contributed by atoms with Crippen molar-refractivity contribution >= 4 is 10.9 Å². The molecule has 0 radical (unpaired) electrons. The summed E-state index contributed by atoms with van der Waals surface area (Å²) in [6.45, 7) is 4.41. The van der Waals surface area contributed by atoms with Gasteiger partial charge in [0.05, 0.1) is 5.52 Å². The molecule has 4 nitrogen and oxygen atoms in total. The molecule has 0 spiro atoms. The molecule has 0 amide bonds. The van der Waals surface area contributed by atoms with Gasteiger partial charge < -0.3 is 8.98 Å². The second-order valence-corrected chi connectivity index (χ2v) is 4.77. The van der Waals surface area contributed by atoms with Gasteiger partial charge in [0.2, 0.25) is 6.39 Å². The molecular formula is C14H15N3O. The highest BCUT2D eigenvalue weighted by Gasteiger charge is 2.15. The van der Waals surface area contributed by atoms with Gasteiger partial charge in [0.15, 0.2) is 0 Å². The number of para-hydroxylation sites is 1. The maximum absolute atomic E-state index is 5.29. The quantitative estimate of drug-likeness (QED) is 0.691. The van der Waals surface area contributed by atoms with Gasteiger partial charge in [-0.05, 0) is 17.5 Å². The molecular weight excluding hydrogens is 226 g/mol. The van der Waals surface area contributed by atoms with Gasteiger partial charge in [-0.1, -0.05) is 32.0 Å². The number of nitrogens with zero attached hydrogens (tertiary/aromatic N) is 3. The number of hydrogen-bond donors (Lipinski definition) is 0. The molecule has 0 aliphatic carbocycles. The highest BCUT2D eigenvalue weighted by atomic mass is 16.4. The summed E-state index contributed by atoms with van der Waals surface area (Å²) in [5.41, 5.74) is 3.53. The zero-order valence-corrected chi connectivity index (χ0v) is 10.7. The second kappa shape index (κ2) is 3.98. The van der Waals surface area contributed by atoms with E-state index in [0.29, 0.717) is 11.8 Å². The Balaban J connectivity index is 2.32. The molecule has 2 aromatic heterocycles. The van der Waals surface area contributed by atoms with Gasteiger partial charge in [-0.25, -0.2) is 0 Å². The highest BCUT2D eigenvalue weighted by Crippen LogP contribution is 2.31. The number of hydrogen-bond acceptors (Lipinski definition) is 3. The molecule has 0 unspecified atom stereocenters. The van der Waals surface area contributed by atoms with E-state index in [1.165, 1.54) is 22.9 Å². The van der Waals surface area contributed by atoms with E-state index in [1.807, 2.05) is 7.05 Å². The zero-order chi connectivity index (χ0) is 12.7. The molecule has 2 heterocycles.